The Balaban J connectivity index is 2.39. The molecular weight excluding hydrogens is 698 g/mol. The fourth-order valence-electron chi connectivity index (χ4n) is 7.31. The van der Waals surface area contributed by atoms with Gasteiger partial charge in [0, 0.05) is 0 Å². The second-order valence-corrected chi connectivity index (χ2v) is 16.6. The Morgan fingerprint density at radius 1 is 0.673 bits per heavy atom. The van der Waals surface area contributed by atoms with Crippen LogP contribution in [0.15, 0.2) is 12.2 Å². The van der Waals surface area contributed by atoms with Gasteiger partial charge in [-0.15, -0.1) is 0 Å². The molecular formula is C45H87NO9. The third-order valence-electron chi connectivity index (χ3n) is 11.5. The molecule has 1 heterocycles. The van der Waals surface area contributed by atoms with E-state index in [4.69, 9.17) is 9.47 Å². The Kier molecular flexibility index (Phi) is 32.9. The molecule has 10 heteroatoms. The molecule has 0 saturated carbocycles. The van der Waals surface area contributed by atoms with E-state index in [2.05, 4.69) is 26.1 Å². The highest BCUT2D eigenvalue weighted by Crippen LogP contribution is 2.23. The van der Waals surface area contributed by atoms with E-state index >= 15 is 0 Å². The molecule has 55 heavy (non-hydrogen) atoms. The van der Waals surface area contributed by atoms with Gasteiger partial charge in [-0.25, -0.2) is 0 Å². The lowest BCUT2D eigenvalue weighted by molar-refractivity contribution is -0.302. The first kappa shape index (κ1) is 51.9. The van der Waals surface area contributed by atoms with Gasteiger partial charge in [-0.1, -0.05) is 193 Å². The van der Waals surface area contributed by atoms with Crippen molar-refractivity contribution in [1.29, 1.82) is 0 Å². The van der Waals surface area contributed by atoms with E-state index in [0.29, 0.717) is 6.42 Å². The van der Waals surface area contributed by atoms with Crippen molar-refractivity contribution in [3.8, 4) is 0 Å². The van der Waals surface area contributed by atoms with Crippen molar-refractivity contribution in [3.05, 3.63) is 12.2 Å². The molecule has 7 N–H and O–H groups in total. The first-order valence-corrected chi connectivity index (χ1v) is 22.9. The number of carbonyl (C=O) groups is 1. The topological polar surface area (TPSA) is 169 Å². The van der Waals surface area contributed by atoms with Gasteiger partial charge in [-0.2, -0.15) is 0 Å². The largest absolute Gasteiger partial charge is 0.394 e. The molecule has 1 amide bonds. The number of aliphatic hydroxyl groups excluding tert-OH is 6. The van der Waals surface area contributed by atoms with E-state index < -0.39 is 61.5 Å². The number of unbranched alkanes of at least 4 members (excludes halogenated alkanes) is 23. The van der Waals surface area contributed by atoms with Crippen LogP contribution in [0.3, 0.4) is 0 Å². The average Bonchev–Trinajstić information content (AvgIpc) is 3.18. The van der Waals surface area contributed by atoms with Crippen molar-refractivity contribution in [2.45, 2.75) is 250 Å². The summed E-state index contributed by atoms with van der Waals surface area (Å²) < 4.78 is 11.1. The summed E-state index contributed by atoms with van der Waals surface area (Å²) in [5.74, 6) is 0.185. The van der Waals surface area contributed by atoms with Gasteiger partial charge >= 0.3 is 0 Å². The van der Waals surface area contributed by atoms with Crippen LogP contribution in [0.4, 0.5) is 0 Å². The maximum Gasteiger partial charge on any atom is 0.249 e. The molecule has 1 aliphatic heterocycles. The molecule has 0 bridgehead atoms. The summed E-state index contributed by atoms with van der Waals surface area (Å²) in [4.78, 5) is 13.0. The molecule has 0 aliphatic carbocycles. The first-order valence-electron chi connectivity index (χ1n) is 22.9. The third-order valence-corrected chi connectivity index (χ3v) is 11.5. The lowest BCUT2D eigenvalue weighted by atomic mass is 9.99. The fraction of sp³-hybridized carbons (Fsp3) is 0.933. The molecule has 1 fully saturated rings. The number of amides is 1. The maximum atomic E-state index is 13.0. The fourth-order valence-corrected chi connectivity index (χ4v) is 7.31. The summed E-state index contributed by atoms with van der Waals surface area (Å²) in [6.07, 6.45) is 27.3. The predicted octanol–water partition coefficient (Wildman–Crippen LogP) is 8.16. The van der Waals surface area contributed by atoms with Crippen molar-refractivity contribution in [3.63, 3.8) is 0 Å². The van der Waals surface area contributed by atoms with Crippen molar-refractivity contribution in [2.75, 3.05) is 13.2 Å². The average molecular weight is 786 g/mol. The van der Waals surface area contributed by atoms with Crippen LogP contribution in [0.1, 0.15) is 201 Å². The van der Waals surface area contributed by atoms with Crippen molar-refractivity contribution in [1.82, 2.24) is 5.32 Å². The molecule has 0 aromatic carbocycles. The Hall–Kier alpha value is -1.11. The molecule has 9 atom stereocenters. The van der Waals surface area contributed by atoms with Crippen molar-refractivity contribution in [2.24, 2.45) is 5.92 Å². The van der Waals surface area contributed by atoms with E-state index in [-0.39, 0.29) is 6.61 Å². The molecule has 1 saturated heterocycles. The predicted molar refractivity (Wildman–Crippen MR) is 223 cm³/mol. The van der Waals surface area contributed by atoms with Crippen molar-refractivity contribution < 1.29 is 44.9 Å². The maximum absolute atomic E-state index is 13.0. The molecule has 326 valence electrons. The summed E-state index contributed by atoms with van der Waals surface area (Å²) >= 11 is 0. The number of hydrogen-bond acceptors (Lipinski definition) is 9. The number of ether oxygens (including phenoxy) is 2. The van der Waals surface area contributed by atoms with Gasteiger partial charge in [0.1, 0.15) is 30.5 Å². The highest BCUT2D eigenvalue weighted by Gasteiger charge is 2.44. The number of hydrogen-bond donors (Lipinski definition) is 7. The first-order chi connectivity index (χ1) is 26.7. The highest BCUT2D eigenvalue weighted by atomic mass is 16.7. The van der Waals surface area contributed by atoms with Crippen LogP contribution in [-0.2, 0) is 14.3 Å². The summed E-state index contributed by atoms with van der Waals surface area (Å²) in [6, 6.07) is -0.975. The molecule has 1 rings (SSSR count). The second-order valence-electron chi connectivity index (χ2n) is 16.6. The SMILES string of the molecule is CCCCCCCCCCCCCCCCCCCC[C@@H](O)C(=O)N[C@@H](CO[C@@H]1O[C@H](CO)[C@@H](O)[C@H](O)[C@H]1O)[C@H](O)/C=C/CCCCCCCCC(C)CC. The summed E-state index contributed by atoms with van der Waals surface area (Å²) in [5, 5.41) is 64.6. The van der Waals surface area contributed by atoms with Gasteiger partial charge in [0.05, 0.1) is 25.4 Å². The molecule has 1 aliphatic rings. The Morgan fingerprint density at radius 3 is 1.64 bits per heavy atom. The smallest absolute Gasteiger partial charge is 0.249 e. The van der Waals surface area contributed by atoms with Gasteiger partial charge in [0.25, 0.3) is 0 Å². The lowest BCUT2D eigenvalue weighted by Crippen LogP contribution is -2.60. The van der Waals surface area contributed by atoms with E-state index in [0.717, 1.165) is 50.9 Å². The number of nitrogens with one attached hydrogen (secondary N) is 1. The summed E-state index contributed by atoms with van der Waals surface area (Å²) in [6.45, 7) is 5.92. The van der Waals surface area contributed by atoms with E-state index in [1.807, 2.05) is 6.08 Å². The monoisotopic (exact) mass is 786 g/mol. The minimum atomic E-state index is -1.61. The van der Waals surface area contributed by atoms with Crippen molar-refractivity contribution >= 4 is 5.91 Å². The van der Waals surface area contributed by atoms with Crippen LogP contribution < -0.4 is 5.32 Å². The number of allylic oxidation sites excluding steroid dienone is 1. The third kappa shape index (κ3) is 25.8. The lowest BCUT2D eigenvalue weighted by Gasteiger charge is -2.40. The zero-order valence-electron chi connectivity index (χ0n) is 35.5. The highest BCUT2D eigenvalue weighted by molar-refractivity contribution is 5.80. The number of aliphatic hydroxyl groups is 6. The van der Waals surface area contributed by atoms with E-state index in [9.17, 15) is 35.4 Å². The quantitative estimate of drug-likeness (QED) is 0.0243. The molecule has 0 radical (unpaired) electrons. The molecule has 0 spiro atoms. The molecule has 0 aromatic rings. The Morgan fingerprint density at radius 2 is 1.15 bits per heavy atom. The van der Waals surface area contributed by atoms with Gasteiger partial charge in [0.15, 0.2) is 6.29 Å². The van der Waals surface area contributed by atoms with Crippen LogP contribution in [0.25, 0.3) is 0 Å². The molecule has 10 nitrogen and oxygen atoms in total. The van der Waals surface area contributed by atoms with Gasteiger partial charge in [-0.05, 0) is 25.2 Å². The zero-order valence-corrected chi connectivity index (χ0v) is 35.5. The Bertz CT molecular complexity index is 906. The normalized spacial score (nSPS) is 22.5. The summed E-state index contributed by atoms with van der Waals surface area (Å²) in [5.41, 5.74) is 0. The van der Waals surface area contributed by atoms with Crippen LogP contribution >= 0.6 is 0 Å². The molecule has 0 aromatic heterocycles. The van der Waals surface area contributed by atoms with Gasteiger partial charge in [-0.3, -0.25) is 4.79 Å². The van der Waals surface area contributed by atoms with Gasteiger partial charge < -0.3 is 45.4 Å². The standard InChI is InChI=1S/C45H87NO9/c1-4-6-7-8-9-10-11-12-13-14-15-16-17-18-19-24-27-30-33-39(49)44(53)46-37(35-54-45-43(52)42(51)41(50)40(34-47)55-45)38(48)32-29-26-23-21-20-22-25-28-31-36(3)5-2/h29,32,36-43,45,47-52H,4-28,30-31,33-35H2,1-3H3,(H,46,53)/b32-29+/t36?,37-,38+,39+,40+,41+,42-,43+,45+/m0/s1. The Labute approximate surface area is 336 Å². The minimum absolute atomic E-state index is 0.303. The minimum Gasteiger partial charge on any atom is -0.394 e. The van der Waals surface area contributed by atoms with Crippen LogP contribution in [0, 0.1) is 5.92 Å². The van der Waals surface area contributed by atoms with Crippen LogP contribution in [-0.4, -0.2) is 98.7 Å². The molecule has 1 unspecified atom stereocenters. The van der Waals surface area contributed by atoms with Crippen LogP contribution in [0.2, 0.25) is 0 Å². The zero-order chi connectivity index (χ0) is 40.5. The van der Waals surface area contributed by atoms with E-state index in [1.54, 1.807) is 6.08 Å². The van der Waals surface area contributed by atoms with E-state index in [1.165, 1.54) is 128 Å². The summed E-state index contributed by atoms with van der Waals surface area (Å²) in [7, 11) is 0. The second kappa shape index (κ2) is 34.9. The number of rotatable bonds is 37. The van der Waals surface area contributed by atoms with Gasteiger partial charge in [0.2, 0.25) is 5.91 Å². The van der Waals surface area contributed by atoms with Crippen LogP contribution in [0.5, 0.6) is 0 Å². The number of carbonyl (C=O) groups excluding carboxylic acids is 1.